The average molecular weight is 269 g/mol. The lowest BCUT2D eigenvalue weighted by Crippen LogP contribution is -2.28. The largest absolute Gasteiger partial charge is 0.494 e. The van der Waals surface area contributed by atoms with Gasteiger partial charge in [-0.3, -0.25) is 4.99 Å². The summed E-state index contributed by atoms with van der Waals surface area (Å²) >= 11 is 0. The zero-order chi connectivity index (χ0) is 13.7. The minimum Gasteiger partial charge on any atom is -0.494 e. The molecule has 2 aromatic rings. The van der Waals surface area contributed by atoms with Crippen LogP contribution in [0.4, 0.5) is 10.1 Å². The Bertz CT molecular complexity index is 741. The van der Waals surface area contributed by atoms with Gasteiger partial charge in [-0.15, -0.1) is 0 Å². The maximum absolute atomic E-state index is 14.0. The van der Waals surface area contributed by atoms with Crippen LogP contribution in [0.25, 0.3) is 0 Å². The Morgan fingerprint density at radius 3 is 2.95 bits per heavy atom. The molecular weight excluding hydrogens is 257 g/mol. The van der Waals surface area contributed by atoms with Crippen LogP contribution in [-0.2, 0) is 5.41 Å². The third kappa shape index (κ3) is 1.31. The molecule has 1 spiro atoms. The number of ether oxygens (including phenoxy) is 2. The zero-order valence-corrected chi connectivity index (χ0v) is 10.9. The number of hydrogen-bond acceptors (Lipinski definition) is 3. The quantitative estimate of drug-likeness (QED) is 0.795. The topological polar surface area (TPSA) is 30.8 Å². The molecule has 0 fully saturated rings. The molecule has 0 aromatic heterocycles. The van der Waals surface area contributed by atoms with Gasteiger partial charge in [0.1, 0.15) is 12.4 Å². The molecule has 100 valence electrons. The molecule has 3 nitrogen and oxygen atoms in total. The highest BCUT2D eigenvalue weighted by molar-refractivity contribution is 5.91. The van der Waals surface area contributed by atoms with Gasteiger partial charge in [0.25, 0.3) is 0 Å². The van der Waals surface area contributed by atoms with Gasteiger partial charge in [0.2, 0.25) is 0 Å². The van der Waals surface area contributed by atoms with Gasteiger partial charge in [0.05, 0.1) is 18.2 Å². The van der Waals surface area contributed by atoms with Crippen LogP contribution in [0, 0.1) is 5.82 Å². The molecule has 0 aliphatic carbocycles. The predicted octanol–water partition coefficient (Wildman–Crippen LogP) is 3.23. The van der Waals surface area contributed by atoms with E-state index in [0.29, 0.717) is 12.4 Å². The normalized spacial score (nSPS) is 21.7. The summed E-state index contributed by atoms with van der Waals surface area (Å²) in [5.41, 5.74) is 2.31. The Morgan fingerprint density at radius 2 is 2.10 bits per heavy atom. The van der Waals surface area contributed by atoms with Crippen molar-refractivity contribution in [3.05, 3.63) is 53.3 Å². The van der Waals surface area contributed by atoms with Crippen LogP contribution in [0.3, 0.4) is 0 Å². The monoisotopic (exact) mass is 269 g/mol. The van der Waals surface area contributed by atoms with Gasteiger partial charge < -0.3 is 9.47 Å². The van der Waals surface area contributed by atoms with E-state index in [4.69, 9.17) is 9.47 Å². The van der Waals surface area contributed by atoms with Gasteiger partial charge in [-0.2, -0.15) is 0 Å². The molecule has 0 saturated carbocycles. The van der Waals surface area contributed by atoms with Crippen molar-refractivity contribution in [1.82, 2.24) is 0 Å². The van der Waals surface area contributed by atoms with Crippen molar-refractivity contribution in [2.45, 2.75) is 5.41 Å². The molecule has 0 saturated heterocycles. The molecule has 1 atom stereocenters. The average Bonchev–Trinajstić information content (AvgIpc) is 3.02. The smallest absolute Gasteiger partial charge is 0.165 e. The molecule has 2 aliphatic heterocycles. The first-order chi connectivity index (χ1) is 9.74. The van der Waals surface area contributed by atoms with Gasteiger partial charge in [0, 0.05) is 17.8 Å². The first-order valence-corrected chi connectivity index (χ1v) is 6.40. The van der Waals surface area contributed by atoms with Crippen LogP contribution in [0.2, 0.25) is 0 Å². The van der Waals surface area contributed by atoms with E-state index in [1.165, 1.54) is 13.2 Å². The fraction of sp³-hybridized carbons (Fsp3) is 0.188. The molecule has 1 unspecified atom stereocenters. The lowest BCUT2D eigenvalue weighted by molar-refractivity contribution is 0.325. The molecule has 0 radical (unpaired) electrons. The van der Waals surface area contributed by atoms with Crippen molar-refractivity contribution in [1.29, 1.82) is 0 Å². The molecule has 20 heavy (non-hydrogen) atoms. The third-order valence-electron chi connectivity index (χ3n) is 4.00. The number of halogens is 1. The van der Waals surface area contributed by atoms with Crippen LogP contribution >= 0.6 is 0 Å². The molecule has 4 rings (SSSR count). The van der Waals surface area contributed by atoms with Crippen molar-refractivity contribution in [3.63, 3.8) is 0 Å². The first kappa shape index (κ1) is 11.5. The van der Waals surface area contributed by atoms with E-state index >= 15 is 0 Å². The molecular formula is C16H12FNO2. The Kier molecular flexibility index (Phi) is 2.19. The van der Waals surface area contributed by atoms with E-state index in [0.717, 1.165) is 16.8 Å². The van der Waals surface area contributed by atoms with Crippen molar-refractivity contribution in [2.24, 2.45) is 4.99 Å². The molecule has 0 bridgehead atoms. The summed E-state index contributed by atoms with van der Waals surface area (Å²) < 4.78 is 24.8. The van der Waals surface area contributed by atoms with E-state index in [1.54, 1.807) is 6.07 Å². The highest BCUT2D eigenvalue weighted by Gasteiger charge is 2.45. The SMILES string of the molecule is COc1cc2c(cc1F)C1(C=Nc3ccccc31)CO2. The molecule has 0 N–H and O–H groups in total. The Balaban J connectivity index is 1.95. The van der Waals surface area contributed by atoms with Crippen LogP contribution < -0.4 is 9.47 Å². The van der Waals surface area contributed by atoms with Gasteiger partial charge >= 0.3 is 0 Å². The Morgan fingerprint density at radius 1 is 1.25 bits per heavy atom. The van der Waals surface area contributed by atoms with Crippen LogP contribution in [0.15, 0.2) is 41.4 Å². The maximum atomic E-state index is 14.0. The van der Waals surface area contributed by atoms with E-state index in [9.17, 15) is 4.39 Å². The summed E-state index contributed by atoms with van der Waals surface area (Å²) in [5, 5.41) is 0. The van der Waals surface area contributed by atoms with Gasteiger partial charge in [0.15, 0.2) is 11.6 Å². The lowest BCUT2D eigenvalue weighted by Gasteiger charge is -2.20. The van der Waals surface area contributed by atoms with Gasteiger partial charge in [-0.05, 0) is 17.7 Å². The second kappa shape index (κ2) is 3.82. The van der Waals surface area contributed by atoms with E-state index < -0.39 is 5.41 Å². The van der Waals surface area contributed by atoms with Crippen LogP contribution in [-0.4, -0.2) is 19.9 Å². The maximum Gasteiger partial charge on any atom is 0.165 e. The zero-order valence-electron chi connectivity index (χ0n) is 10.9. The molecule has 2 heterocycles. The highest BCUT2D eigenvalue weighted by Crippen LogP contribution is 2.49. The highest BCUT2D eigenvalue weighted by atomic mass is 19.1. The van der Waals surface area contributed by atoms with Crippen molar-refractivity contribution in [2.75, 3.05) is 13.7 Å². The third-order valence-corrected chi connectivity index (χ3v) is 4.00. The van der Waals surface area contributed by atoms with E-state index in [1.807, 2.05) is 30.5 Å². The summed E-state index contributed by atoms with van der Waals surface area (Å²) in [4.78, 5) is 4.45. The molecule has 2 aliphatic rings. The Labute approximate surface area is 115 Å². The summed E-state index contributed by atoms with van der Waals surface area (Å²) in [5.74, 6) is 0.476. The molecule has 0 amide bonds. The minimum absolute atomic E-state index is 0.198. The second-order valence-electron chi connectivity index (χ2n) is 5.02. The molecule has 2 aromatic carbocycles. The number of methoxy groups -OCH3 is 1. The number of nitrogens with zero attached hydrogens (tertiary/aromatic N) is 1. The predicted molar refractivity (Wildman–Crippen MR) is 73.8 cm³/mol. The summed E-state index contributed by atoms with van der Waals surface area (Å²) in [6.07, 6.45) is 1.86. The number of aliphatic imine (C=N–C) groups is 1. The second-order valence-corrected chi connectivity index (χ2v) is 5.02. The number of hydrogen-bond donors (Lipinski definition) is 0. The van der Waals surface area contributed by atoms with Crippen LogP contribution in [0.1, 0.15) is 11.1 Å². The van der Waals surface area contributed by atoms with E-state index in [2.05, 4.69) is 4.99 Å². The first-order valence-electron chi connectivity index (χ1n) is 6.40. The van der Waals surface area contributed by atoms with Crippen molar-refractivity contribution in [3.8, 4) is 11.5 Å². The Hall–Kier alpha value is -2.36. The summed E-state index contributed by atoms with van der Waals surface area (Å²) in [6, 6.07) is 11.0. The summed E-state index contributed by atoms with van der Waals surface area (Å²) in [7, 11) is 1.45. The number of fused-ring (bicyclic) bond motifs is 4. The number of rotatable bonds is 1. The van der Waals surface area contributed by atoms with Gasteiger partial charge in [-0.25, -0.2) is 4.39 Å². The lowest BCUT2D eigenvalue weighted by atomic mass is 9.78. The van der Waals surface area contributed by atoms with Crippen molar-refractivity contribution < 1.29 is 13.9 Å². The standard InChI is InChI=1S/C16H12FNO2/c1-19-15-7-14-11(6-12(15)17)16(9-20-14)8-18-13-5-3-2-4-10(13)16/h2-8H,9H2,1H3. The fourth-order valence-electron chi connectivity index (χ4n) is 2.97. The van der Waals surface area contributed by atoms with Gasteiger partial charge in [-0.1, -0.05) is 18.2 Å². The number of benzene rings is 2. The fourth-order valence-corrected chi connectivity index (χ4v) is 2.97. The summed E-state index contributed by atoms with van der Waals surface area (Å²) in [6.45, 7) is 0.440. The van der Waals surface area contributed by atoms with Crippen LogP contribution in [0.5, 0.6) is 11.5 Å². The minimum atomic E-state index is -0.473. The molecule has 4 heteroatoms. The number of para-hydroxylation sites is 1. The van der Waals surface area contributed by atoms with Crippen molar-refractivity contribution >= 4 is 11.9 Å². The van der Waals surface area contributed by atoms with E-state index in [-0.39, 0.29) is 11.6 Å².